The van der Waals surface area contributed by atoms with Crippen LogP contribution in [0.15, 0.2) is 0 Å². The van der Waals surface area contributed by atoms with E-state index in [1.54, 1.807) is 13.8 Å². The van der Waals surface area contributed by atoms with Gasteiger partial charge in [0.25, 0.3) is 0 Å². The van der Waals surface area contributed by atoms with Crippen molar-refractivity contribution >= 4 is 17.7 Å². The Balaban J connectivity index is 3.31. The second-order valence-corrected chi connectivity index (χ2v) is 10.4. The van der Waals surface area contributed by atoms with Crippen molar-refractivity contribution in [1.29, 1.82) is 0 Å². The maximum atomic E-state index is 13.1. The minimum atomic E-state index is -1.01. The number of piperidine rings is 1. The third-order valence-corrected chi connectivity index (χ3v) is 7.35. The van der Waals surface area contributed by atoms with Crippen molar-refractivity contribution in [2.45, 2.75) is 111 Å². The fraction of sp³-hybridized carbons (Fsp3) is 0.880. The van der Waals surface area contributed by atoms with E-state index >= 15 is 0 Å². The molecule has 1 rings (SSSR count). The van der Waals surface area contributed by atoms with Gasteiger partial charge < -0.3 is 15.2 Å². The number of carbonyl (C=O) groups is 3. The molecule has 0 aromatic heterocycles. The number of ketones is 1. The minimum Gasteiger partial charge on any atom is -0.464 e. The van der Waals surface area contributed by atoms with Crippen LogP contribution < -0.4 is 5.32 Å². The van der Waals surface area contributed by atoms with Crippen molar-refractivity contribution in [3.63, 3.8) is 0 Å². The number of aliphatic hydroxyl groups is 1. The normalized spacial score (nSPS) is 27.3. The van der Waals surface area contributed by atoms with E-state index in [1.807, 2.05) is 46.6 Å². The number of esters is 1. The molecule has 0 saturated carbocycles. The Morgan fingerprint density at radius 1 is 1.24 bits per heavy atom. The number of hydroxylamine groups is 2. The third kappa shape index (κ3) is 6.99. The molecule has 0 bridgehead atoms. The van der Waals surface area contributed by atoms with Crippen LogP contribution in [0.3, 0.4) is 0 Å². The Labute approximate surface area is 199 Å². The van der Waals surface area contributed by atoms with Gasteiger partial charge >= 0.3 is 5.97 Å². The van der Waals surface area contributed by atoms with Gasteiger partial charge in [0.05, 0.1) is 24.3 Å². The Bertz CT molecular complexity index is 682. The molecular formula is C25H46N2O6. The summed E-state index contributed by atoms with van der Waals surface area (Å²) in [5.41, 5.74) is -2.13. The predicted molar refractivity (Wildman–Crippen MR) is 127 cm³/mol. The highest BCUT2D eigenvalue weighted by molar-refractivity contribution is 5.84. The highest BCUT2D eigenvalue weighted by Gasteiger charge is 2.55. The summed E-state index contributed by atoms with van der Waals surface area (Å²) in [5.74, 6) is -0.854. The first-order chi connectivity index (χ1) is 15.3. The number of amides is 1. The molecule has 0 aliphatic carbocycles. The molecule has 192 valence electrons. The van der Waals surface area contributed by atoms with Gasteiger partial charge in [0, 0.05) is 30.7 Å². The fourth-order valence-corrected chi connectivity index (χ4v) is 4.37. The molecule has 1 fully saturated rings. The summed E-state index contributed by atoms with van der Waals surface area (Å²) < 4.78 is 5.52. The number of rotatable bonds is 13. The van der Waals surface area contributed by atoms with Gasteiger partial charge in [-0.15, -0.1) is 0 Å². The monoisotopic (exact) mass is 470 g/mol. The zero-order valence-corrected chi connectivity index (χ0v) is 22.0. The number of unbranched alkanes of at least 4 members (excludes halogenated alkanes) is 1. The van der Waals surface area contributed by atoms with Crippen LogP contribution in [0, 0.1) is 11.3 Å². The van der Waals surface area contributed by atoms with Crippen LogP contribution in [0.4, 0.5) is 0 Å². The number of Topliss-reactive ketones (excluding diaryl/α,β-unsaturated/α-hetero) is 1. The molecule has 1 aliphatic rings. The topological polar surface area (TPSA) is 105 Å². The van der Waals surface area contributed by atoms with Crippen molar-refractivity contribution < 1.29 is 29.1 Å². The third-order valence-electron chi connectivity index (χ3n) is 7.35. The first kappa shape index (κ1) is 29.5. The molecule has 1 amide bonds. The lowest BCUT2D eigenvalue weighted by Gasteiger charge is -2.56. The molecule has 4 atom stereocenters. The van der Waals surface area contributed by atoms with Gasteiger partial charge in [-0.1, -0.05) is 48.0 Å². The molecule has 0 aromatic carbocycles. The largest absolute Gasteiger partial charge is 0.464 e. The zero-order valence-electron chi connectivity index (χ0n) is 22.0. The van der Waals surface area contributed by atoms with Crippen LogP contribution in [-0.4, -0.2) is 64.8 Å². The molecule has 33 heavy (non-hydrogen) atoms. The number of nitrogens with one attached hydrogen (secondary N) is 1. The van der Waals surface area contributed by atoms with E-state index < -0.39 is 28.6 Å². The van der Waals surface area contributed by atoms with Crippen LogP contribution >= 0.6 is 0 Å². The molecule has 2 N–H and O–H groups in total. The number of ether oxygens (including phenoxy) is 1. The molecule has 1 aliphatic heterocycles. The van der Waals surface area contributed by atoms with Gasteiger partial charge in [-0.3, -0.25) is 14.4 Å². The lowest BCUT2D eigenvalue weighted by atomic mass is 9.70. The number of hydrogen-bond acceptors (Lipinski definition) is 7. The Kier molecular flexibility index (Phi) is 11.0. The smallest absolute Gasteiger partial charge is 0.337 e. The van der Waals surface area contributed by atoms with Gasteiger partial charge in [-0.05, 0) is 33.1 Å². The lowest BCUT2D eigenvalue weighted by Crippen LogP contribution is -2.67. The molecule has 1 saturated heterocycles. The van der Waals surface area contributed by atoms with Gasteiger partial charge in [0.1, 0.15) is 5.78 Å². The molecule has 0 aromatic rings. The summed E-state index contributed by atoms with van der Waals surface area (Å²) >= 11 is 0. The molecule has 0 radical (unpaired) electrons. The summed E-state index contributed by atoms with van der Waals surface area (Å²) in [6.07, 6.45) is 2.39. The molecule has 8 nitrogen and oxygen atoms in total. The minimum absolute atomic E-state index is 0.105. The molecular weight excluding hydrogens is 424 g/mol. The van der Waals surface area contributed by atoms with E-state index in [0.717, 1.165) is 12.8 Å². The molecule has 4 unspecified atom stereocenters. The summed E-state index contributed by atoms with van der Waals surface area (Å²) in [5, 5.41) is 13.6. The van der Waals surface area contributed by atoms with E-state index in [0.29, 0.717) is 19.3 Å². The maximum absolute atomic E-state index is 13.1. The number of nitrogens with zero attached hydrogens (tertiary/aromatic N) is 1. The van der Waals surface area contributed by atoms with Crippen molar-refractivity contribution in [3.8, 4) is 0 Å². The van der Waals surface area contributed by atoms with Crippen molar-refractivity contribution in [1.82, 2.24) is 10.4 Å². The Morgan fingerprint density at radius 2 is 1.88 bits per heavy atom. The average Bonchev–Trinajstić information content (AvgIpc) is 2.77. The second-order valence-electron chi connectivity index (χ2n) is 10.4. The van der Waals surface area contributed by atoms with E-state index in [2.05, 4.69) is 5.32 Å². The number of hydrogen-bond donors (Lipinski definition) is 2. The summed E-state index contributed by atoms with van der Waals surface area (Å²) in [7, 11) is 0. The van der Waals surface area contributed by atoms with E-state index in [4.69, 9.17) is 14.7 Å². The Hall–Kier alpha value is -1.51. The van der Waals surface area contributed by atoms with Gasteiger partial charge in [-0.2, -0.15) is 5.06 Å². The van der Waals surface area contributed by atoms with Crippen LogP contribution in [0.25, 0.3) is 0 Å². The van der Waals surface area contributed by atoms with Crippen LogP contribution in [0.1, 0.15) is 93.9 Å². The van der Waals surface area contributed by atoms with Gasteiger partial charge in [-0.25, -0.2) is 4.79 Å². The van der Waals surface area contributed by atoms with E-state index in [1.165, 1.54) is 0 Å². The highest BCUT2D eigenvalue weighted by Crippen LogP contribution is 2.45. The molecule has 0 spiro atoms. The van der Waals surface area contributed by atoms with E-state index in [-0.39, 0.29) is 43.8 Å². The Morgan fingerprint density at radius 3 is 2.39 bits per heavy atom. The predicted octanol–water partition coefficient (Wildman–Crippen LogP) is 3.40. The summed E-state index contributed by atoms with van der Waals surface area (Å²) in [6, 6.07) is 0. The molecule has 1 heterocycles. The van der Waals surface area contributed by atoms with Gasteiger partial charge in [0.15, 0.2) is 6.10 Å². The molecule has 8 heteroatoms. The van der Waals surface area contributed by atoms with Crippen LogP contribution in [-0.2, 0) is 24.0 Å². The van der Waals surface area contributed by atoms with Crippen molar-refractivity contribution in [2.24, 2.45) is 11.3 Å². The quantitative estimate of drug-likeness (QED) is 0.314. The zero-order chi connectivity index (χ0) is 25.4. The lowest BCUT2D eigenvalue weighted by molar-refractivity contribution is -0.316. The number of aliphatic hydroxyl groups excluding tert-OH is 1. The standard InChI is InChI=1S/C25H46N2O6/c1-9-12-15-32-21(30)20(17-23(5,6)22(31)26-13-14-28)33-27-24(7,10-2)16-19(29)18(4)25(27,8)11-3/h18,20,28H,9-17H2,1-8H3,(H,26,31). The SMILES string of the molecule is CCCCOC(=O)C(CC(C)(C)C(=O)NCCO)ON1C(C)(CC)CC(=O)C(C)C1(C)CC. The van der Waals surface area contributed by atoms with E-state index in [9.17, 15) is 14.4 Å². The highest BCUT2D eigenvalue weighted by atomic mass is 16.7. The van der Waals surface area contributed by atoms with Crippen molar-refractivity contribution in [2.75, 3.05) is 19.8 Å². The fourth-order valence-electron chi connectivity index (χ4n) is 4.37. The second kappa shape index (κ2) is 12.3. The van der Waals surface area contributed by atoms with Crippen LogP contribution in [0.2, 0.25) is 0 Å². The summed E-state index contributed by atoms with van der Waals surface area (Å²) in [6.45, 7) is 15.7. The average molecular weight is 471 g/mol. The van der Waals surface area contributed by atoms with Gasteiger partial charge in [0.2, 0.25) is 5.91 Å². The summed E-state index contributed by atoms with van der Waals surface area (Å²) in [4.78, 5) is 45.2. The first-order valence-electron chi connectivity index (χ1n) is 12.4. The van der Waals surface area contributed by atoms with Crippen molar-refractivity contribution in [3.05, 3.63) is 0 Å². The number of carbonyl (C=O) groups excluding carboxylic acids is 3. The maximum Gasteiger partial charge on any atom is 0.337 e. The van der Waals surface area contributed by atoms with Crippen LogP contribution in [0.5, 0.6) is 0 Å². The first-order valence-corrected chi connectivity index (χ1v) is 12.4.